The molecule has 0 atom stereocenters. The molecule has 3 N–H and O–H groups in total. The zero-order chi connectivity index (χ0) is 22.2. The van der Waals surface area contributed by atoms with Gasteiger partial charge < -0.3 is 25.4 Å². The number of fused-ring (bicyclic) bond motifs is 1. The summed E-state index contributed by atoms with van der Waals surface area (Å²) < 4.78 is 10.7. The lowest BCUT2D eigenvalue weighted by Crippen LogP contribution is -2.27. The highest BCUT2D eigenvalue weighted by Crippen LogP contribution is 2.33. The maximum atomic E-state index is 12.0. The molecule has 0 unspecified atom stereocenters. The Balaban J connectivity index is 0.00000363. The van der Waals surface area contributed by atoms with Crippen molar-refractivity contribution >= 4 is 47.1 Å². The first kappa shape index (κ1) is 24.7. The van der Waals surface area contributed by atoms with Gasteiger partial charge in [0.1, 0.15) is 5.82 Å². The van der Waals surface area contributed by atoms with Crippen molar-refractivity contribution in [1.29, 1.82) is 0 Å². The number of halogens is 1. The van der Waals surface area contributed by atoms with Crippen LogP contribution in [0.4, 0.5) is 11.8 Å². The minimum Gasteiger partial charge on any atom is -0.493 e. The van der Waals surface area contributed by atoms with Crippen molar-refractivity contribution in [3.05, 3.63) is 54.1 Å². The molecule has 0 spiro atoms. The van der Waals surface area contributed by atoms with Gasteiger partial charge in [-0.25, -0.2) is 4.98 Å². The van der Waals surface area contributed by atoms with Gasteiger partial charge >= 0.3 is 0 Å². The number of aromatic nitrogens is 2. The zero-order valence-electron chi connectivity index (χ0n) is 18.4. The van der Waals surface area contributed by atoms with E-state index in [9.17, 15) is 4.79 Å². The van der Waals surface area contributed by atoms with Crippen molar-refractivity contribution in [2.45, 2.75) is 6.42 Å². The van der Waals surface area contributed by atoms with E-state index < -0.39 is 0 Å². The van der Waals surface area contributed by atoms with Crippen LogP contribution in [0, 0.1) is 0 Å². The van der Waals surface area contributed by atoms with E-state index >= 15 is 0 Å². The molecule has 0 saturated carbocycles. The molecule has 170 valence electrons. The van der Waals surface area contributed by atoms with Gasteiger partial charge in [0.15, 0.2) is 11.5 Å². The van der Waals surface area contributed by atoms with Crippen molar-refractivity contribution in [3.8, 4) is 11.5 Å². The molecule has 32 heavy (non-hydrogen) atoms. The van der Waals surface area contributed by atoms with Gasteiger partial charge in [-0.3, -0.25) is 4.79 Å². The molecule has 0 fully saturated rings. The lowest BCUT2D eigenvalue weighted by atomic mass is 10.2. The molecule has 0 radical (unpaired) electrons. The summed E-state index contributed by atoms with van der Waals surface area (Å²) in [4.78, 5) is 22.9. The number of carbonyl (C=O) groups is 1. The fourth-order valence-corrected chi connectivity index (χ4v) is 3.06. The molecular formula is C23H28ClN5O3. The third-order valence-electron chi connectivity index (χ3n) is 4.76. The van der Waals surface area contributed by atoms with Crippen LogP contribution >= 0.6 is 12.4 Å². The minimum atomic E-state index is -0.126. The number of hydrogen-bond acceptors (Lipinski definition) is 7. The number of nitrogen functional groups attached to an aromatic ring is 1. The third-order valence-corrected chi connectivity index (χ3v) is 4.76. The van der Waals surface area contributed by atoms with Gasteiger partial charge in [0.05, 0.1) is 19.7 Å². The smallest absolute Gasteiger partial charge is 0.244 e. The van der Waals surface area contributed by atoms with E-state index in [1.54, 1.807) is 32.4 Å². The first-order valence-corrected chi connectivity index (χ1v) is 9.93. The fourth-order valence-electron chi connectivity index (χ4n) is 3.06. The fraction of sp³-hybridized carbons (Fsp3) is 0.261. The summed E-state index contributed by atoms with van der Waals surface area (Å²) >= 11 is 0. The average molecular weight is 458 g/mol. The number of rotatable bonds is 9. The summed E-state index contributed by atoms with van der Waals surface area (Å²) in [6, 6.07) is 13.2. The topological polar surface area (TPSA) is 103 Å². The molecule has 3 rings (SSSR count). The second kappa shape index (κ2) is 11.8. The van der Waals surface area contributed by atoms with E-state index in [2.05, 4.69) is 15.3 Å². The number of nitrogens with zero attached hydrogens (tertiary/aromatic N) is 3. The largest absolute Gasteiger partial charge is 0.493 e. The van der Waals surface area contributed by atoms with Crippen LogP contribution < -0.4 is 25.4 Å². The lowest BCUT2D eigenvalue weighted by molar-refractivity contribution is -0.116. The number of hydrogen-bond donors (Lipinski definition) is 2. The lowest BCUT2D eigenvalue weighted by Gasteiger charge is -2.18. The summed E-state index contributed by atoms with van der Waals surface area (Å²) in [5.74, 6) is 1.90. The summed E-state index contributed by atoms with van der Waals surface area (Å²) in [5, 5.41) is 3.58. The van der Waals surface area contributed by atoms with E-state index in [4.69, 9.17) is 15.2 Å². The predicted molar refractivity (Wildman–Crippen MR) is 131 cm³/mol. The Bertz CT molecular complexity index is 1080. The number of amides is 1. The predicted octanol–water partition coefficient (Wildman–Crippen LogP) is 3.31. The molecule has 1 aromatic heterocycles. The number of ether oxygens (including phenoxy) is 2. The summed E-state index contributed by atoms with van der Waals surface area (Å²) in [6.07, 6.45) is 4.05. The second-order valence-electron chi connectivity index (χ2n) is 6.94. The van der Waals surface area contributed by atoms with Crippen LogP contribution in [-0.2, 0) is 4.79 Å². The highest BCUT2D eigenvalue weighted by Gasteiger charge is 2.13. The van der Waals surface area contributed by atoms with Gasteiger partial charge in [-0.05, 0) is 24.1 Å². The van der Waals surface area contributed by atoms with Crippen molar-refractivity contribution < 1.29 is 14.3 Å². The summed E-state index contributed by atoms with van der Waals surface area (Å²) in [7, 11) is 5.03. The number of nitrogens with one attached hydrogen (secondary N) is 1. The molecule has 0 aliphatic heterocycles. The molecule has 1 amide bonds. The van der Waals surface area contributed by atoms with E-state index in [0.29, 0.717) is 47.3 Å². The highest BCUT2D eigenvalue weighted by molar-refractivity contribution is 5.92. The van der Waals surface area contributed by atoms with E-state index in [-0.39, 0.29) is 18.3 Å². The average Bonchev–Trinajstić information content (AvgIpc) is 2.80. The monoisotopic (exact) mass is 457 g/mol. The number of methoxy groups -OCH3 is 2. The number of nitrogens with two attached hydrogens (primary N) is 1. The third kappa shape index (κ3) is 6.24. The van der Waals surface area contributed by atoms with Gasteiger partial charge in [-0.2, -0.15) is 4.98 Å². The molecule has 0 aliphatic rings. The maximum Gasteiger partial charge on any atom is 0.244 e. The quantitative estimate of drug-likeness (QED) is 0.375. The second-order valence-corrected chi connectivity index (χ2v) is 6.94. The van der Waals surface area contributed by atoms with Crippen LogP contribution in [0.1, 0.15) is 12.0 Å². The van der Waals surface area contributed by atoms with Crippen LogP contribution in [0.2, 0.25) is 0 Å². The van der Waals surface area contributed by atoms with Crippen LogP contribution in [0.15, 0.2) is 48.5 Å². The van der Waals surface area contributed by atoms with Crippen LogP contribution in [0.5, 0.6) is 11.5 Å². The normalized spacial score (nSPS) is 10.6. The SMILES string of the molecule is COc1cc2nc(N(C)CCCNC(=O)/C=C/c3ccccc3)nc(N)c2cc1OC.Cl. The number of benzene rings is 2. The Morgan fingerprint density at radius 3 is 2.50 bits per heavy atom. The molecule has 0 bridgehead atoms. The molecule has 3 aromatic rings. The Morgan fingerprint density at radius 2 is 1.81 bits per heavy atom. The van der Waals surface area contributed by atoms with Crippen molar-refractivity contribution in [1.82, 2.24) is 15.3 Å². The summed E-state index contributed by atoms with van der Waals surface area (Å²) in [5.41, 5.74) is 7.80. The minimum absolute atomic E-state index is 0. The van der Waals surface area contributed by atoms with Crippen molar-refractivity contribution in [2.75, 3.05) is 45.0 Å². The van der Waals surface area contributed by atoms with Crippen molar-refractivity contribution in [2.24, 2.45) is 0 Å². The Hall–Kier alpha value is -3.52. The maximum absolute atomic E-state index is 12.0. The van der Waals surface area contributed by atoms with Gasteiger partial charge in [-0.1, -0.05) is 30.3 Å². The first-order valence-electron chi connectivity index (χ1n) is 9.93. The standard InChI is InChI=1S/C23H27N5O3.ClH/c1-28(13-7-12-25-21(29)11-10-16-8-5-4-6-9-16)23-26-18-15-20(31-3)19(30-2)14-17(18)22(24)27-23;/h4-6,8-11,14-15H,7,12-13H2,1-3H3,(H,25,29)(H2,24,26,27);1H/b11-10+;. The van der Waals surface area contributed by atoms with Crippen molar-refractivity contribution in [3.63, 3.8) is 0 Å². The Morgan fingerprint density at radius 1 is 1.12 bits per heavy atom. The molecular weight excluding hydrogens is 430 g/mol. The molecule has 0 aliphatic carbocycles. The van der Waals surface area contributed by atoms with Crippen LogP contribution in [-0.4, -0.2) is 50.2 Å². The molecule has 8 nitrogen and oxygen atoms in total. The van der Waals surface area contributed by atoms with Crippen LogP contribution in [0.3, 0.4) is 0 Å². The van der Waals surface area contributed by atoms with E-state index in [1.165, 1.54) is 6.08 Å². The molecule has 9 heteroatoms. The number of anilines is 2. The Kier molecular flexibility index (Phi) is 9.09. The van der Waals surface area contributed by atoms with Gasteiger partial charge in [0.2, 0.25) is 11.9 Å². The highest BCUT2D eigenvalue weighted by atomic mass is 35.5. The molecule has 0 saturated heterocycles. The van der Waals surface area contributed by atoms with Gasteiger partial charge in [0.25, 0.3) is 0 Å². The number of carbonyl (C=O) groups excluding carboxylic acids is 1. The molecule has 1 heterocycles. The van der Waals surface area contributed by atoms with Crippen LogP contribution in [0.25, 0.3) is 17.0 Å². The van der Waals surface area contributed by atoms with Gasteiger partial charge in [-0.15, -0.1) is 12.4 Å². The summed E-state index contributed by atoms with van der Waals surface area (Å²) in [6.45, 7) is 1.19. The zero-order valence-corrected chi connectivity index (χ0v) is 19.2. The Labute approximate surface area is 193 Å². The van der Waals surface area contributed by atoms with E-state index in [0.717, 1.165) is 12.0 Å². The van der Waals surface area contributed by atoms with Gasteiger partial charge in [0, 0.05) is 37.7 Å². The van der Waals surface area contributed by atoms with E-state index in [1.807, 2.05) is 42.3 Å². The molecule has 2 aromatic carbocycles. The first-order chi connectivity index (χ1) is 15.0.